The van der Waals surface area contributed by atoms with Crippen LogP contribution in [0.15, 0.2) is 54.6 Å². The molecule has 0 radical (unpaired) electrons. The molecule has 126 valence electrons. The largest absolute Gasteiger partial charge is 0.497 e. The first-order chi connectivity index (χ1) is 11.6. The van der Waals surface area contributed by atoms with Crippen LogP contribution in [-0.2, 0) is 17.9 Å². The van der Waals surface area contributed by atoms with Gasteiger partial charge in [-0.3, -0.25) is 4.79 Å². The number of methoxy groups -OCH3 is 1. The highest BCUT2D eigenvalue weighted by Gasteiger charge is 1.99. The Morgan fingerprint density at radius 3 is 2.25 bits per heavy atom. The van der Waals surface area contributed by atoms with Gasteiger partial charge >= 0.3 is 0 Å². The van der Waals surface area contributed by atoms with E-state index in [2.05, 4.69) is 22.3 Å². The summed E-state index contributed by atoms with van der Waals surface area (Å²) in [7, 11) is 5.72. The second kappa shape index (κ2) is 8.89. The smallest absolute Gasteiger partial charge is 0.244 e. The molecule has 0 saturated carbocycles. The first-order valence-corrected chi connectivity index (χ1v) is 7.89. The van der Waals surface area contributed by atoms with Gasteiger partial charge in [0.25, 0.3) is 0 Å². The van der Waals surface area contributed by atoms with E-state index >= 15 is 0 Å². The minimum Gasteiger partial charge on any atom is -0.497 e. The Kier molecular flexibility index (Phi) is 6.58. The Labute approximate surface area is 143 Å². The van der Waals surface area contributed by atoms with Gasteiger partial charge in [0.2, 0.25) is 5.91 Å². The molecule has 0 atom stereocenters. The van der Waals surface area contributed by atoms with Gasteiger partial charge in [0.15, 0.2) is 0 Å². The van der Waals surface area contributed by atoms with Crippen molar-refractivity contribution < 1.29 is 9.53 Å². The van der Waals surface area contributed by atoms with Crippen LogP contribution in [0.25, 0.3) is 6.08 Å². The number of rotatable bonds is 7. The number of carbonyl (C=O) groups is 1. The van der Waals surface area contributed by atoms with Crippen molar-refractivity contribution >= 4 is 12.0 Å². The molecule has 0 saturated heterocycles. The third-order valence-electron chi connectivity index (χ3n) is 3.53. The van der Waals surface area contributed by atoms with E-state index in [1.54, 1.807) is 19.3 Å². The Morgan fingerprint density at radius 2 is 1.67 bits per heavy atom. The highest BCUT2D eigenvalue weighted by molar-refractivity contribution is 5.91. The maximum absolute atomic E-state index is 11.9. The number of hydrogen-bond donors (Lipinski definition) is 1. The van der Waals surface area contributed by atoms with Gasteiger partial charge in [0.1, 0.15) is 5.75 Å². The molecule has 4 nitrogen and oxygen atoms in total. The van der Waals surface area contributed by atoms with Crippen molar-refractivity contribution in [2.24, 2.45) is 0 Å². The third-order valence-corrected chi connectivity index (χ3v) is 3.53. The molecule has 0 spiro atoms. The van der Waals surface area contributed by atoms with Crippen molar-refractivity contribution in [1.29, 1.82) is 0 Å². The summed E-state index contributed by atoms with van der Waals surface area (Å²) >= 11 is 0. The van der Waals surface area contributed by atoms with Crippen molar-refractivity contribution in [3.05, 3.63) is 71.3 Å². The quantitative estimate of drug-likeness (QED) is 0.796. The highest BCUT2D eigenvalue weighted by Crippen LogP contribution is 2.12. The minimum atomic E-state index is -0.108. The van der Waals surface area contributed by atoms with Gasteiger partial charge in [-0.15, -0.1) is 0 Å². The molecule has 0 aliphatic carbocycles. The summed E-state index contributed by atoms with van der Waals surface area (Å²) < 4.78 is 5.11. The van der Waals surface area contributed by atoms with Crippen molar-refractivity contribution in [3.8, 4) is 5.75 Å². The molecule has 0 heterocycles. The second-order valence-corrected chi connectivity index (χ2v) is 5.88. The van der Waals surface area contributed by atoms with E-state index in [0.717, 1.165) is 23.4 Å². The van der Waals surface area contributed by atoms with Crippen LogP contribution < -0.4 is 10.1 Å². The van der Waals surface area contributed by atoms with Gasteiger partial charge in [-0.2, -0.15) is 0 Å². The summed E-state index contributed by atoms with van der Waals surface area (Å²) in [5.74, 6) is 0.692. The van der Waals surface area contributed by atoms with E-state index in [1.807, 2.05) is 50.5 Å². The maximum atomic E-state index is 11.9. The van der Waals surface area contributed by atoms with E-state index in [-0.39, 0.29) is 5.91 Å². The topological polar surface area (TPSA) is 41.6 Å². The van der Waals surface area contributed by atoms with Gasteiger partial charge < -0.3 is 15.0 Å². The molecule has 0 unspecified atom stereocenters. The lowest BCUT2D eigenvalue weighted by molar-refractivity contribution is -0.116. The molecule has 24 heavy (non-hydrogen) atoms. The summed E-state index contributed by atoms with van der Waals surface area (Å²) in [5, 5.41) is 2.89. The van der Waals surface area contributed by atoms with E-state index in [9.17, 15) is 4.79 Å². The zero-order chi connectivity index (χ0) is 17.4. The average Bonchev–Trinajstić information content (AvgIpc) is 2.59. The van der Waals surface area contributed by atoms with Crippen molar-refractivity contribution in [3.63, 3.8) is 0 Å². The molecule has 0 aliphatic rings. The van der Waals surface area contributed by atoms with Gasteiger partial charge in [0.05, 0.1) is 7.11 Å². The number of benzene rings is 2. The average molecular weight is 324 g/mol. The van der Waals surface area contributed by atoms with Crippen LogP contribution in [0.3, 0.4) is 0 Å². The lowest BCUT2D eigenvalue weighted by atomic mass is 10.1. The second-order valence-electron chi connectivity index (χ2n) is 5.88. The number of hydrogen-bond acceptors (Lipinski definition) is 3. The molecule has 2 aromatic carbocycles. The van der Waals surface area contributed by atoms with Gasteiger partial charge in [-0.25, -0.2) is 0 Å². The summed E-state index contributed by atoms with van der Waals surface area (Å²) in [6.07, 6.45) is 3.33. The molecule has 0 aromatic heterocycles. The molecule has 4 heteroatoms. The Morgan fingerprint density at radius 1 is 1.04 bits per heavy atom. The fraction of sp³-hybridized carbons (Fsp3) is 0.250. The van der Waals surface area contributed by atoms with Crippen LogP contribution in [0.2, 0.25) is 0 Å². The summed E-state index contributed by atoms with van der Waals surface area (Å²) in [4.78, 5) is 14.0. The summed E-state index contributed by atoms with van der Waals surface area (Å²) in [5.41, 5.74) is 3.30. The van der Waals surface area contributed by atoms with Gasteiger partial charge in [0, 0.05) is 19.2 Å². The first kappa shape index (κ1) is 17.8. The Hall–Kier alpha value is -2.59. The normalized spacial score (nSPS) is 11.0. The molecule has 2 rings (SSSR count). The van der Waals surface area contributed by atoms with E-state index in [1.165, 1.54) is 5.56 Å². The van der Waals surface area contributed by atoms with E-state index in [4.69, 9.17) is 4.74 Å². The fourth-order valence-corrected chi connectivity index (χ4v) is 2.26. The number of ether oxygens (including phenoxy) is 1. The predicted octanol–water partition coefficient (Wildman–Crippen LogP) is 3.09. The van der Waals surface area contributed by atoms with Crippen molar-refractivity contribution in [2.45, 2.75) is 13.1 Å². The molecule has 1 N–H and O–H groups in total. The van der Waals surface area contributed by atoms with Crippen molar-refractivity contribution in [1.82, 2.24) is 10.2 Å². The summed E-state index contributed by atoms with van der Waals surface area (Å²) in [6, 6.07) is 15.8. The monoisotopic (exact) mass is 324 g/mol. The molecular weight excluding hydrogens is 300 g/mol. The number of nitrogens with zero attached hydrogens (tertiary/aromatic N) is 1. The zero-order valence-electron chi connectivity index (χ0n) is 14.5. The van der Waals surface area contributed by atoms with E-state index in [0.29, 0.717) is 6.54 Å². The molecule has 0 bridgehead atoms. The van der Waals surface area contributed by atoms with Gasteiger partial charge in [-0.05, 0) is 49.0 Å². The Balaban J connectivity index is 1.82. The first-order valence-electron chi connectivity index (χ1n) is 7.89. The maximum Gasteiger partial charge on any atom is 0.244 e. The molecular formula is C20H24N2O2. The van der Waals surface area contributed by atoms with Gasteiger partial charge in [-0.1, -0.05) is 36.4 Å². The predicted molar refractivity (Wildman–Crippen MR) is 97.7 cm³/mol. The minimum absolute atomic E-state index is 0.108. The van der Waals surface area contributed by atoms with Crippen LogP contribution in [0.4, 0.5) is 0 Å². The SMILES string of the molecule is COc1ccc(/C=C/C(=O)NCc2ccc(CN(C)C)cc2)cc1. The third kappa shape index (κ3) is 5.89. The van der Waals surface area contributed by atoms with Crippen LogP contribution in [0.1, 0.15) is 16.7 Å². The van der Waals surface area contributed by atoms with Crippen LogP contribution >= 0.6 is 0 Å². The fourth-order valence-electron chi connectivity index (χ4n) is 2.26. The molecule has 1 amide bonds. The number of carbonyl (C=O) groups excluding carboxylic acids is 1. The van der Waals surface area contributed by atoms with Crippen LogP contribution in [0.5, 0.6) is 5.75 Å². The number of nitrogens with one attached hydrogen (secondary N) is 1. The Bertz CT molecular complexity index is 674. The highest BCUT2D eigenvalue weighted by atomic mass is 16.5. The standard InChI is InChI=1S/C20H24N2O2/c1-22(2)15-18-6-4-17(5-7-18)14-21-20(23)13-10-16-8-11-19(24-3)12-9-16/h4-13H,14-15H2,1-3H3,(H,21,23)/b13-10+. The van der Waals surface area contributed by atoms with Crippen LogP contribution in [0, 0.1) is 0 Å². The zero-order valence-corrected chi connectivity index (χ0v) is 14.5. The van der Waals surface area contributed by atoms with Crippen molar-refractivity contribution in [2.75, 3.05) is 21.2 Å². The van der Waals surface area contributed by atoms with Crippen LogP contribution in [-0.4, -0.2) is 32.0 Å². The molecule has 0 aliphatic heterocycles. The molecule has 0 fully saturated rings. The lowest BCUT2D eigenvalue weighted by Crippen LogP contribution is -2.20. The molecule has 2 aromatic rings. The van der Waals surface area contributed by atoms with E-state index < -0.39 is 0 Å². The number of amides is 1. The summed E-state index contributed by atoms with van der Waals surface area (Å²) in [6.45, 7) is 1.44. The lowest BCUT2D eigenvalue weighted by Gasteiger charge is -2.10.